The van der Waals surface area contributed by atoms with Gasteiger partial charge in [-0.1, -0.05) is 31.2 Å². The molecule has 0 bridgehead atoms. The van der Waals surface area contributed by atoms with Gasteiger partial charge >= 0.3 is 0 Å². The van der Waals surface area contributed by atoms with E-state index in [4.69, 9.17) is 0 Å². The molecule has 1 aliphatic rings. The van der Waals surface area contributed by atoms with Crippen molar-refractivity contribution in [3.05, 3.63) is 37.5 Å². The van der Waals surface area contributed by atoms with Crippen LogP contribution in [0.25, 0.3) is 0 Å². The van der Waals surface area contributed by atoms with Gasteiger partial charge in [-0.25, -0.2) is 0 Å². The molecule has 0 unspecified atom stereocenters. The van der Waals surface area contributed by atoms with Crippen LogP contribution in [0.1, 0.15) is 45.4 Å². The highest BCUT2D eigenvalue weighted by molar-refractivity contribution is 5.01. The van der Waals surface area contributed by atoms with E-state index in [1.165, 1.54) is 51.7 Å². The summed E-state index contributed by atoms with van der Waals surface area (Å²) < 4.78 is 0. The van der Waals surface area contributed by atoms with E-state index in [0.717, 1.165) is 6.42 Å². The van der Waals surface area contributed by atoms with Gasteiger partial charge in [-0.05, 0) is 58.2 Å². The molecule has 0 saturated carbocycles. The first-order chi connectivity index (χ1) is 8.43. The summed E-state index contributed by atoms with van der Waals surface area (Å²) in [5.41, 5.74) is 0. The molecule has 1 rings (SSSR count). The molecule has 0 radical (unpaired) electrons. The van der Waals surface area contributed by atoms with E-state index in [1.807, 2.05) is 0 Å². The van der Waals surface area contributed by atoms with Crippen LogP contribution in [0.3, 0.4) is 0 Å². The SMILES string of the molecule is C=C.CC/C=C\C=C/CCCCN1CCCC1. The highest BCUT2D eigenvalue weighted by Gasteiger charge is 2.09. The molecule has 17 heavy (non-hydrogen) atoms. The maximum Gasteiger partial charge on any atom is -0.00183 e. The molecule has 0 amide bonds. The number of hydrogen-bond donors (Lipinski definition) is 0. The smallest absolute Gasteiger partial charge is 0.00183 e. The van der Waals surface area contributed by atoms with E-state index in [9.17, 15) is 0 Å². The van der Waals surface area contributed by atoms with Gasteiger partial charge < -0.3 is 4.90 Å². The Morgan fingerprint density at radius 2 is 1.65 bits per heavy atom. The van der Waals surface area contributed by atoms with Crippen molar-refractivity contribution in [3.63, 3.8) is 0 Å². The molecule has 1 aliphatic heterocycles. The van der Waals surface area contributed by atoms with Crippen molar-refractivity contribution in [2.45, 2.75) is 45.4 Å². The second-order valence-electron chi connectivity index (χ2n) is 4.31. The third-order valence-electron chi connectivity index (χ3n) is 2.91. The molecule has 98 valence electrons. The minimum atomic E-state index is 1.14. The fourth-order valence-corrected chi connectivity index (χ4v) is 1.99. The lowest BCUT2D eigenvalue weighted by molar-refractivity contribution is 0.330. The molecule has 0 aliphatic carbocycles. The Hall–Kier alpha value is -0.820. The lowest BCUT2D eigenvalue weighted by Crippen LogP contribution is -2.20. The summed E-state index contributed by atoms with van der Waals surface area (Å²) in [6, 6.07) is 0. The summed E-state index contributed by atoms with van der Waals surface area (Å²) in [5, 5.41) is 0. The molecule has 1 heterocycles. The van der Waals surface area contributed by atoms with Crippen molar-refractivity contribution in [3.8, 4) is 0 Å². The molecule has 0 N–H and O–H groups in total. The fraction of sp³-hybridized carbons (Fsp3) is 0.625. The summed E-state index contributed by atoms with van der Waals surface area (Å²) in [7, 11) is 0. The lowest BCUT2D eigenvalue weighted by atomic mass is 10.2. The molecule has 0 aromatic heterocycles. The minimum absolute atomic E-state index is 1.14. The van der Waals surface area contributed by atoms with Gasteiger partial charge in [0, 0.05) is 0 Å². The zero-order chi connectivity index (χ0) is 12.8. The van der Waals surface area contributed by atoms with Crippen LogP contribution in [0.2, 0.25) is 0 Å². The van der Waals surface area contributed by atoms with Crippen LogP contribution in [0.4, 0.5) is 0 Å². The maximum atomic E-state index is 3.00. The van der Waals surface area contributed by atoms with Gasteiger partial charge in [0.1, 0.15) is 0 Å². The third kappa shape index (κ3) is 10.1. The van der Waals surface area contributed by atoms with Crippen molar-refractivity contribution in [2.24, 2.45) is 0 Å². The molecule has 1 fully saturated rings. The molecule has 1 nitrogen and oxygen atoms in total. The van der Waals surface area contributed by atoms with Gasteiger partial charge in [0.15, 0.2) is 0 Å². The van der Waals surface area contributed by atoms with Gasteiger partial charge in [-0.3, -0.25) is 0 Å². The molecular formula is C16H29N. The van der Waals surface area contributed by atoms with Crippen LogP contribution >= 0.6 is 0 Å². The zero-order valence-electron chi connectivity index (χ0n) is 11.5. The molecule has 0 atom stereocenters. The first-order valence-corrected chi connectivity index (χ1v) is 6.97. The van der Waals surface area contributed by atoms with Crippen LogP contribution in [-0.2, 0) is 0 Å². The van der Waals surface area contributed by atoms with Crippen molar-refractivity contribution in [1.82, 2.24) is 4.90 Å². The Balaban J connectivity index is 0.00000121. The first-order valence-electron chi connectivity index (χ1n) is 6.97. The number of likely N-dealkylation sites (tertiary alicyclic amines) is 1. The summed E-state index contributed by atoms with van der Waals surface area (Å²) in [6.45, 7) is 12.2. The second-order valence-corrected chi connectivity index (χ2v) is 4.31. The molecular weight excluding hydrogens is 206 g/mol. The fourth-order valence-electron chi connectivity index (χ4n) is 1.99. The number of nitrogens with zero attached hydrogens (tertiary/aromatic N) is 1. The van der Waals surface area contributed by atoms with Crippen molar-refractivity contribution >= 4 is 0 Å². The van der Waals surface area contributed by atoms with Crippen LogP contribution < -0.4 is 0 Å². The summed E-state index contributed by atoms with van der Waals surface area (Å²) >= 11 is 0. The van der Waals surface area contributed by atoms with Crippen LogP contribution in [0.15, 0.2) is 37.5 Å². The maximum absolute atomic E-state index is 3.00. The highest BCUT2D eigenvalue weighted by Crippen LogP contribution is 2.09. The Morgan fingerprint density at radius 1 is 1.00 bits per heavy atom. The number of unbranched alkanes of at least 4 members (excludes halogenated alkanes) is 2. The largest absolute Gasteiger partial charge is 0.303 e. The molecule has 0 aromatic rings. The zero-order valence-corrected chi connectivity index (χ0v) is 11.5. The van der Waals surface area contributed by atoms with E-state index in [1.54, 1.807) is 0 Å². The van der Waals surface area contributed by atoms with Crippen LogP contribution in [0.5, 0.6) is 0 Å². The van der Waals surface area contributed by atoms with Crippen LogP contribution in [0, 0.1) is 0 Å². The van der Waals surface area contributed by atoms with E-state index >= 15 is 0 Å². The second kappa shape index (κ2) is 13.2. The Kier molecular flexibility index (Phi) is 12.6. The van der Waals surface area contributed by atoms with E-state index in [2.05, 4.69) is 49.3 Å². The predicted octanol–water partition coefficient (Wildman–Crippen LogP) is 4.58. The summed E-state index contributed by atoms with van der Waals surface area (Å²) in [6.07, 6.45) is 16.7. The normalized spacial score (nSPS) is 16.5. The Bertz CT molecular complexity index is 200. The first kappa shape index (κ1) is 16.2. The standard InChI is InChI=1S/C14H25N.C2H4/c1-2-3-4-5-6-7-8-9-12-15-13-10-11-14-15;1-2/h3-6H,2,7-14H2,1H3;1-2H2/b4-3-,6-5-;. The number of hydrogen-bond acceptors (Lipinski definition) is 1. The molecule has 0 aromatic carbocycles. The minimum Gasteiger partial charge on any atom is -0.303 e. The molecule has 1 saturated heterocycles. The average Bonchev–Trinajstić information content (AvgIpc) is 2.88. The van der Waals surface area contributed by atoms with Crippen molar-refractivity contribution in [2.75, 3.05) is 19.6 Å². The Morgan fingerprint density at radius 3 is 2.29 bits per heavy atom. The number of allylic oxidation sites excluding steroid dienone is 4. The van der Waals surface area contributed by atoms with E-state index < -0.39 is 0 Å². The monoisotopic (exact) mass is 235 g/mol. The molecule has 1 heteroatoms. The van der Waals surface area contributed by atoms with E-state index in [0.29, 0.717) is 0 Å². The third-order valence-corrected chi connectivity index (χ3v) is 2.91. The predicted molar refractivity (Wildman–Crippen MR) is 79.4 cm³/mol. The lowest BCUT2D eigenvalue weighted by Gasteiger charge is -2.13. The van der Waals surface area contributed by atoms with Crippen molar-refractivity contribution in [1.29, 1.82) is 0 Å². The Labute approximate surface area is 108 Å². The van der Waals surface area contributed by atoms with Gasteiger partial charge in [0.05, 0.1) is 0 Å². The quantitative estimate of drug-likeness (QED) is 0.355. The van der Waals surface area contributed by atoms with Gasteiger partial charge in [0.2, 0.25) is 0 Å². The topological polar surface area (TPSA) is 3.24 Å². The van der Waals surface area contributed by atoms with Crippen molar-refractivity contribution < 1.29 is 0 Å². The van der Waals surface area contributed by atoms with E-state index in [-0.39, 0.29) is 0 Å². The van der Waals surface area contributed by atoms with Gasteiger partial charge in [-0.15, -0.1) is 13.2 Å². The summed E-state index contributed by atoms with van der Waals surface area (Å²) in [4.78, 5) is 2.60. The molecule has 0 spiro atoms. The number of rotatable bonds is 7. The van der Waals surface area contributed by atoms with Crippen LogP contribution in [-0.4, -0.2) is 24.5 Å². The summed E-state index contributed by atoms with van der Waals surface area (Å²) in [5.74, 6) is 0. The van der Waals surface area contributed by atoms with Gasteiger partial charge in [0.25, 0.3) is 0 Å². The van der Waals surface area contributed by atoms with Gasteiger partial charge in [-0.2, -0.15) is 0 Å². The highest BCUT2D eigenvalue weighted by atomic mass is 15.1. The average molecular weight is 235 g/mol.